The van der Waals surface area contributed by atoms with Crippen molar-refractivity contribution in [2.24, 2.45) is 0 Å². The summed E-state index contributed by atoms with van der Waals surface area (Å²) >= 11 is 0. The Kier molecular flexibility index (Phi) is 2.49. The summed E-state index contributed by atoms with van der Waals surface area (Å²) in [6, 6.07) is 0. The summed E-state index contributed by atoms with van der Waals surface area (Å²) in [7, 11) is 0. The van der Waals surface area contributed by atoms with E-state index < -0.39 is 0 Å². The van der Waals surface area contributed by atoms with E-state index >= 15 is 0 Å². The first-order chi connectivity index (χ1) is 4.33. The van der Waals surface area contributed by atoms with Crippen LogP contribution in [-0.4, -0.2) is 35.7 Å². The van der Waals surface area contributed by atoms with Crippen LogP contribution in [0.5, 0.6) is 0 Å². The Labute approximate surface area is 56.5 Å². The summed E-state index contributed by atoms with van der Waals surface area (Å²) in [5, 5.41) is 9.17. The number of piperidine rings is 1. The van der Waals surface area contributed by atoms with Gasteiger partial charge >= 0.3 is 0 Å². The topological polar surface area (TPSA) is 23.5 Å². The third-order valence-electron chi connectivity index (χ3n) is 1.93. The molecule has 0 unspecified atom stereocenters. The molecule has 1 heterocycles. The van der Waals surface area contributed by atoms with E-state index in [0.717, 1.165) is 25.9 Å². The number of rotatable bonds is 1. The third kappa shape index (κ3) is 1.95. The molecule has 0 aliphatic carbocycles. The molecule has 1 rings (SSSR count). The molecule has 0 aromatic rings. The number of aliphatic hydroxyl groups excluding tert-OH is 1. The van der Waals surface area contributed by atoms with Crippen LogP contribution >= 0.6 is 0 Å². The molecule has 9 heavy (non-hydrogen) atoms. The normalized spacial score (nSPS) is 30.7. The number of nitrogens with zero attached hydrogens (tertiary/aromatic N) is 1. The van der Waals surface area contributed by atoms with E-state index in [1.807, 2.05) is 0 Å². The Bertz CT molecular complexity index is 85.0. The van der Waals surface area contributed by atoms with Crippen molar-refractivity contribution in [3.8, 4) is 0 Å². The van der Waals surface area contributed by atoms with Crippen LogP contribution < -0.4 is 0 Å². The van der Waals surface area contributed by atoms with Crippen LogP contribution in [0.4, 0.5) is 0 Å². The highest BCUT2D eigenvalue weighted by Crippen LogP contribution is 2.08. The molecule has 1 aliphatic heterocycles. The van der Waals surface area contributed by atoms with Crippen molar-refractivity contribution in [3.05, 3.63) is 0 Å². The van der Waals surface area contributed by atoms with Gasteiger partial charge in [0.1, 0.15) is 0 Å². The number of hydrogen-bond donors (Lipinski definition) is 1. The SMILES string of the molecule is CCN1CCC[C@@H](O)C1. The van der Waals surface area contributed by atoms with Gasteiger partial charge in [-0.3, -0.25) is 0 Å². The highest BCUT2D eigenvalue weighted by Gasteiger charge is 2.14. The highest BCUT2D eigenvalue weighted by molar-refractivity contribution is 4.69. The number of hydrogen-bond acceptors (Lipinski definition) is 2. The third-order valence-corrected chi connectivity index (χ3v) is 1.93. The van der Waals surface area contributed by atoms with Gasteiger partial charge in [-0.25, -0.2) is 0 Å². The summed E-state index contributed by atoms with van der Waals surface area (Å²) in [5.41, 5.74) is 0. The van der Waals surface area contributed by atoms with Crippen molar-refractivity contribution < 1.29 is 5.11 Å². The fraction of sp³-hybridized carbons (Fsp3) is 1.00. The monoisotopic (exact) mass is 129 g/mol. The van der Waals surface area contributed by atoms with Crippen molar-refractivity contribution in [1.82, 2.24) is 4.90 Å². The summed E-state index contributed by atoms with van der Waals surface area (Å²) in [5.74, 6) is 0. The van der Waals surface area contributed by atoms with Crippen LogP contribution in [0, 0.1) is 0 Å². The second kappa shape index (κ2) is 3.18. The minimum absolute atomic E-state index is 0.0568. The van der Waals surface area contributed by atoms with Gasteiger partial charge in [-0.15, -0.1) is 0 Å². The molecule has 0 aromatic heterocycles. The van der Waals surface area contributed by atoms with Crippen LogP contribution in [0.3, 0.4) is 0 Å². The van der Waals surface area contributed by atoms with Gasteiger partial charge in [0.2, 0.25) is 0 Å². The van der Waals surface area contributed by atoms with Gasteiger partial charge in [-0.2, -0.15) is 0 Å². The lowest BCUT2D eigenvalue weighted by molar-refractivity contribution is 0.0737. The second-order valence-electron chi connectivity index (χ2n) is 2.69. The minimum atomic E-state index is -0.0568. The molecule has 1 fully saturated rings. The van der Waals surface area contributed by atoms with Crippen LogP contribution in [0.2, 0.25) is 0 Å². The van der Waals surface area contributed by atoms with E-state index in [-0.39, 0.29) is 6.10 Å². The van der Waals surface area contributed by atoms with Gasteiger partial charge in [0.05, 0.1) is 6.10 Å². The molecule has 0 amide bonds. The van der Waals surface area contributed by atoms with E-state index in [9.17, 15) is 0 Å². The number of aliphatic hydroxyl groups is 1. The first-order valence-corrected chi connectivity index (χ1v) is 3.73. The van der Waals surface area contributed by atoms with E-state index in [0.29, 0.717) is 0 Å². The maximum absolute atomic E-state index is 9.17. The lowest BCUT2D eigenvalue weighted by Crippen LogP contribution is -2.37. The van der Waals surface area contributed by atoms with Gasteiger partial charge in [-0.1, -0.05) is 6.92 Å². The van der Waals surface area contributed by atoms with Crippen molar-refractivity contribution in [2.45, 2.75) is 25.9 Å². The van der Waals surface area contributed by atoms with Gasteiger partial charge in [-0.05, 0) is 25.9 Å². The highest BCUT2D eigenvalue weighted by atomic mass is 16.3. The van der Waals surface area contributed by atoms with E-state index in [2.05, 4.69) is 11.8 Å². The molecule has 0 spiro atoms. The average molecular weight is 129 g/mol. The van der Waals surface area contributed by atoms with Gasteiger partial charge in [0.15, 0.2) is 0 Å². The summed E-state index contributed by atoms with van der Waals surface area (Å²) < 4.78 is 0. The largest absolute Gasteiger partial charge is 0.392 e. The van der Waals surface area contributed by atoms with Crippen LogP contribution in [0.15, 0.2) is 0 Å². The molecule has 0 aromatic carbocycles. The zero-order valence-corrected chi connectivity index (χ0v) is 6.01. The Morgan fingerprint density at radius 3 is 2.89 bits per heavy atom. The zero-order valence-electron chi connectivity index (χ0n) is 6.01. The molecule has 1 aliphatic rings. The molecule has 0 saturated carbocycles. The number of β-amino-alcohol motifs (C(OH)–C–C–N with tert-alkyl or cyclic N) is 1. The van der Waals surface area contributed by atoms with Crippen LogP contribution in [0.1, 0.15) is 19.8 Å². The summed E-state index contributed by atoms with van der Waals surface area (Å²) in [6.07, 6.45) is 2.10. The average Bonchev–Trinajstić information content (AvgIpc) is 1.88. The maximum Gasteiger partial charge on any atom is 0.0667 e. The fourth-order valence-electron chi connectivity index (χ4n) is 1.32. The molecule has 2 nitrogen and oxygen atoms in total. The molecule has 54 valence electrons. The molecule has 0 radical (unpaired) electrons. The van der Waals surface area contributed by atoms with Crippen molar-refractivity contribution in [2.75, 3.05) is 19.6 Å². The number of likely N-dealkylation sites (tertiary alicyclic amines) is 1. The Hall–Kier alpha value is -0.0800. The summed E-state index contributed by atoms with van der Waals surface area (Å²) in [4.78, 5) is 2.29. The fourth-order valence-corrected chi connectivity index (χ4v) is 1.32. The first-order valence-electron chi connectivity index (χ1n) is 3.73. The quantitative estimate of drug-likeness (QED) is 0.556. The zero-order chi connectivity index (χ0) is 6.69. The molecular formula is C7H15NO. The molecule has 1 atom stereocenters. The van der Waals surface area contributed by atoms with Crippen LogP contribution in [0.25, 0.3) is 0 Å². The lowest BCUT2D eigenvalue weighted by atomic mass is 10.1. The van der Waals surface area contributed by atoms with Crippen molar-refractivity contribution in [3.63, 3.8) is 0 Å². The molecule has 2 heteroatoms. The van der Waals surface area contributed by atoms with Gasteiger partial charge in [0.25, 0.3) is 0 Å². The smallest absolute Gasteiger partial charge is 0.0667 e. The van der Waals surface area contributed by atoms with E-state index in [1.54, 1.807) is 0 Å². The van der Waals surface area contributed by atoms with Gasteiger partial charge < -0.3 is 10.0 Å². The van der Waals surface area contributed by atoms with E-state index in [4.69, 9.17) is 5.11 Å². The molecule has 1 N–H and O–H groups in total. The second-order valence-corrected chi connectivity index (χ2v) is 2.69. The standard InChI is InChI=1S/C7H15NO/c1-2-8-5-3-4-7(9)6-8/h7,9H,2-6H2,1H3/t7-/m1/s1. The molecule has 0 bridgehead atoms. The van der Waals surface area contributed by atoms with E-state index in [1.165, 1.54) is 6.54 Å². The maximum atomic E-state index is 9.17. The molecule has 1 saturated heterocycles. The van der Waals surface area contributed by atoms with Gasteiger partial charge in [0, 0.05) is 6.54 Å². The Morgan fingerprint density at radius 2 is 2.44 bits per heavy atom. The Morgan fingerprint density at radius 1 is 1.67 bits per heavy atom. The Balaban J connectivity index is 2.23. The van der Waals surface area contributed by atoms with Crippen molar-refractivity contribution in [1.29, 1.82) is 0 Å². The van der Waals surface area contributed by atoms with Crippen molar-refractivity contribution >= 4 is 0 Å². The van der Waals surface area contributed by atoms with Crippen LogP contribution in [-0.2, 0) is 0 Å². The minimum Gasteiger partial charge on any atom is -0.392 e. The summed E-state index contributed by atoms with van der Waals surface area (Å²) in [6.45, 7) is 5.28. The predicted molar refractivity (Wildman–Crippen MR) is 37.4 cm³/mol. The first kappa shape index (κ1) is 7.03. The molecular weight excluding hydrogens is 114 g/mol. The number of likely N-dealkylation sites (N-methyl/N-ethyl adjacent to an activating group) is 1. The lowest BCUT2D eigenvalue weighted by Gasteiger charge is -2.28. The predicted octanol–water partition coefficient (Wildman–Crippen LogP) is 0.463.